The van der Waals surface area contributed by atoms with E-state index >= 15 is 0 Å². The molecule has 3 aromatic rings. The van der Waals surface area contributed by atoms with Crippen LogP contribution in [-0.4, -0.2) is 4.57 Å². The van der Waals surface area contributed by atoms with Crippen molar-refractivity contribution in [2.75, 3.05) is 0 Å². The predicted octanol–water partition coefficient (Wildman–Crippen LogP) is 4.06. The van der Waals surface area contributed by atoms with Crippen LogP contribution in [0.5, 0.6) is 0 Å². The molecule has 0 unspecified atom stereocenters. The van der Waals surface area contributed by atoms with Gasteiger partial charge in [0.2, 0.25) is 0 Å². The number of hydrogen-bond acceptors (Lipinski definition) is 1. The second kappa shape index (κ2) is 3.80. The lowest BCUT2D eigenvalue weighted by Crippen LogP contribution is -1.95. The van der Waals surface area contributed by atoms with E-state index in [9.17, 15) is 0 Å². The molecule has 1 nitrogen and oxygen atoms in total. The average molecular weight is 227 g/mol. The monoisotopic (exact) mass is 227 g/mol. The maximum absolute atomic E-state index is 2.31. The number of aromatic nitrogens is 1. The van der Waals surface area contributed by atoms with E-state index < -0.39 is 0 Å². The van der Waals surface area contributed by atoms with Crippen LogP contribution >= 0.6 is 11.3 Å². The van der Waals surface area contributed by atoms with E-state index in [4.69, 9.17) is 0 Å². The standard InChI is InChI=1S/C14H13NS/c1-11-3-2-4-14-13(11)5-7-15(14)9-12-6-8-16-10-12/h2-8,10H,9H2,1H3. The summed E-state index contributed by atoms with van der Waals surface area (Å²) in [6.07, 6.45) is 2.18. The van der Waals surface area contributed by atoms with E-state index in [1.54, 1.807) is 11.3 Å². The Labute approximate surface area is 99.0 Å². The molecule has 0 saturated carbocycles. The van der Waals surface area contributed by atoms with Gasteiger partial charge >= 0.3 is 0 Å². The summed E-state index contributed by atoms with van der Waals surface area (Å²) in [5.41, 5.74) is 4.05. The van der Waals surface area contributed by atoms with E-state index in [2.05, 4.69) is 58.8 Å². The first-order valence-corrected chi connectivity index (χ1v) is 6.34. The minimum Gasteiger partial charge on any atom is -0.343 e. The summed E-state index contributed by atoms with van der Waals surface area (Å²) in [7, 11) is 0. The van der Waals surface area contributed by atoms with Gasteiger partial charge in [-0.3, -0.25) is 0 Å². The molecule has 0 atom stereocenters. The van der Waals surface area contributed by atoms with Gasteiger partial charge in [-0.25, -0.2) is 0 Å². The van der Waals surface area contributed by atoms with Crippen molar-refractivity contribution in [1.29, 1.82) is 0 Å². The summed E-state index contributed by atoms with van der Waals surface area (Å²) in [5.74, 6) is 0. The Morgan fingerprint density at radius 1 is 1.19 bits per heavy atom. The number of benzene rings is 1. The van der Waals surface area contributed by atoms with Gasteiger partial charge in [0.25, 0.3) is 0 Å². The number of aryl methyl sites for hydroxylation is 1. The Morgan fingerprint density at radius 3 is 2.94 bits per heavy atom. The van der Waals surface area contributed by atoms with Crippen LogP contribution in [0.25, 0.3) is 10.9 Å². The first kappa shape index (κ1) is 9.67. The van der Waals surface area contributed by atoms with Crippen molar-refractivity contribution in [3.63, 3.8) is 0 Å². The minimum absolute atomic E-state index is 0.969. The second-order valence-electron chi connectivity index (χ2n) is 4.08. The largest absolute Gasteiger partial charge is 0.343 e. The number of nitrogens with zero attached hydrogens (tertiary/aromatic N) is 1. The maximum Gasteiger partial charge on any atom is 0.0486 e. The molecule has 0 spiro atoms. The van der Waals surface area contributed by atoms with Crippen molar-refractivity contribution in [3.05, 3.63) is 58.4 Å². The molecule has 0 amide bonds. The van der Waals surface area contributed by atoms with E-state index in [-0.39, 0.29) is 0 Å². The zero-order valence-corrected chi connectivity index (χ0v) is 10.00. The number of thiophene rings is 1. The SMILES string of the molecule is Cc1cccc2c1ccn2Cc1ccsc1. The Bertz CT molecular complexity index is 605. The van der Waals surface area contributed by atoms with Gasteiger partial charge in [0, 0.05) is 23.6 Å². The smallest absolute Gasteiger partial charge is 0.0486 e. The zero-order valence-electron chi connectivity index (χ0n) is 9.18. The molecule has 0 N–H and O–H groups in total. The van der Waals surface area contributed by atoms with Crippen LogP contribution in [-0.2, 0) is 6.54 Å². The highest BCUT2D eigenvalue weighted by Crippen LogP contribution is 2.21. The van der Waals surface area contributed by atoms with E-state index in [0.717, 1.165) is 6.54 Å². The van der Waals surface area contributed by atoms with Crippen LogP contribution in [0.2, 0.25) is 0 Å². The van der Waals surface area contributed by atoms with Crippen LogP contribution in [0.4, 0.5) is 0 Å². The van der Waals surface area contributed by atoms with Gasteiger partial charge in [-0.15, -0.1) is 0 Å². The molecule has 80 valence electrons. The molecule has 0 fully saturated rings. The molecule has 2 aromatic heterocycles. The first-order chi connectivity index (χ1) is 7.84. The molecule has 2 heterocycles. The topological polar surface area (TPSA) is 4.93 Å². The summed E-state index contributed by atoms with van der Waals surface area (Å²) in [6, 6.07) is 10.9. The van der Waals surface area contributed by atoms with Crippen molar-refractivity contribution in [2.24, 2.45) is 0 Å². The second-order valence-corrected chi connectivity index (χ2v) is 4.86. The van der Waals surface area contributed by atoms with Crippen LogP contribution < -0.4 is 0 Å². The fraction of sp³-hybridized carbons (Fsp3) is 0.143. The summed E-state index contributed by atoms with van der Waals surface area (Å²) in [4.78, 5) is 0. The third kappa shape index (κ3) is 1.55. The van der Waals surface area contributed by atoms with Crippen molar-refractivity contribution in [3.8, 4) is 0 Å². The normalized spacial score (nSPS) is 11.1. The molecule has 2 heteroatoms. The van der Waals surface area contributed by atoms with Crippen molar-refractivity contribution in [2.45, 2.75) is 13.5 Å². The fourth-order valence-corrected chi connectivity index (χ4v) is 2.75. The highest BCUT2D eigenvalue weighted by molar-refractivity contribution is 7.07. The van der Waals surface area contributed by atoms with Crippen LogP contribution in [0.1, 0.15) is 11.1 Å². The van der Waals surface area contributed by atoms with Crippen LogP contribution in [0.15, 0.2) is 47.3 Å². The average Bonchev–Trinajstić information content (AvgIpc) is 2.90. The van der Waals surface area contributed by atoms with E-state index in [1.165, 1.54) is 22.0 Å². The molecule has 0 aliphatic heterocycles. The Morgan fingerprint density at radius 2 is 2.12 bits per heavy atom. The minimum atomic E-state index is 0.969. The van der Waals surface area contributed by atoms with E-state index in [0.29, 0.717) is 0 Å². The number of rotatable bonds is 2. The van der Waals surface area contributed by atoms with Gasteiger partial charge in [-0.1, -0.05) is 12.1 Å². The number of hydrogen-bond donors (Lipinski definition) is 0. The van der Waals surface area contributed by atoms with E-state index in [1.807, 2.05) is 0 Å². The third-order valence-electron chi connectivity index (χ3n) is 2.96. The van der Waals surface area contributed by atoms with Crippen LogP contribution in [0.3, 0.4) is 0 Å². The number of fused-ring (bicyclic) bond motifs is 1. The molecule has 1 aromatic carbocycles. The summed E-state index contributed by atoms with van der Waals surface area (Å²) in [6.45, 7) is 3.13. The molecular formula is C14H13NS. The third-order valence-corrected chi connectivity index (χ3v) is 3.70. The van der Waals surface area contributed by atoms with Gasteiger partial charge in [-0.2, -0.15) is 11.3 Å². The molecule has 0 aliphatic rings. The quantitative estimate of drug-likeness (QED) is 0.622. The highest BCUT2D eigenvalue weighted by Gasteiger charge is 2.03. The molecule has 0 radical (unpaired) electrons. The summed E-state index contributed by atoms with van der Waals surface area (Å²) in [5, 5.41) is 5.70. The first-order valence-electron chi connectivity index (χ1n) is 5.40. The lowest BCUT2D eigenvalue weighted by atomic mass is 10.1. The molecule has 16 heavy (non-hydrogen) atoms. The van der Waals surface area contributed by atoms with Crippen molar-refractivity contribution >= 4 is 22.2 Å². The van der Waals surface area contributed by atoms with Crippen LogP contribution in [0, 0.1) is 6.92 Å². The zero-order chi connectivity index (χ0) is 11.0. The van der Waals surface area contributed by atoms with Crippen molar-refractivity contribution in [1.82, 2.24) is 4.57 Å². The molecule has 0 bridgehead atoms. The van der Waals surface area contributed by atoms with Crippen molar-refractivity contribution < 1.29 is 0 Å². The lowest BCUT2D eigenvalue weighted by molar-refractivity contribution is 0.840. The van der Waals surface area contributed by atoms with Gasteiger partial charge in [0.05, 0.1) is 0 Å². The molecule has 0 saturated heterocycles. The highest BCUT2D eigenvalue weighted by atomic mass is 32.1. The molecule has 0 aliphatic carbocycles. The Kier molecular flexibility index (Phi) is 2.29. The Balaban J connectivity index is 2.08. The van der Waals surface area contributed by atoms with Gasteiger partial charge in [0.15, 0.2) is 0 Å². The molecular weight excluding hydrogens is 214 g/mol. The molecule has 3 rings (SSSR count). The van der Waals surface area contributed by atoms with Gasteiger partial charge in [0.1, 0.15) is 0 Å². The van der Waals surface area contributed by atoms with Gasteiger partial charge < -0.3 is 4.57 Å². The summed E-state index contributed by atoms with van der Waals surface area (Å²) < 4.78 is 2.31. The Hall–Kier alpha value is -1.54. The predicted molar refractivity (Wildman–Crippen MR) is 70.1 cm³/mol. The summed E-state index contributed by atoms with van der Waals surface area (Å²) >= 11 is 1.76. The maximum atomic E-state index is 2.31. The fourth-order valence-electron chi connectivity index (χ4n) is 2.09. The van der Waals surface area contributed by atoms with Gasteiger partial charge in [-0.05, 0) is 47.0 Å². The lowest BCUT2D eigenvalue weighted by Gasteiger charge is -2.04.